The highest BCUT2D eigenvalue weighted by Crippen LogP contribution is 2.38. The fourth-order valence-corrected chi connectivity index (χ4v) is 7.30. The van der Waals surface area contributed by atoms with Crippen LogP contribution in [0.25, 0.3) is 0 Å². The molecule has 0 saturated carbocycles. The number of rotatable bonds is 10. The largest absolute Gasteiger partial charge is 0.365 e. The van der Waals surface area contributed by atoms with Gasteiger partial charge < -0.3 is 15.6 Å². The number of nitrogens with two attached hydrogens (primary N) is 1. The summed E-state index contributed by atoms with van der Waals surface area (Å²) in [5.74, 6) is -0.918. The molecule has 0 unspecified atom stereocenters. The molecule has 2 amide bonds. The van der Waals surface area contributed by atoms with Gasteiger partial charge in [0.2, 0.25) is 5.91 Å². The molecule has 0 aliphatic heterocycles. The standard InChI is InChI=1S/C23H25N5O4S3/c1-2-12-28-18(14-35(31,32)15-8-4-3-5-9-15)26-27-23(28)33-13-19(29)25-22-20(21(24)30)16-10-6-7-11-17(16)34-22/h2-5,8-9H,1,6-7,10-14H2,(H2,24,30)(H,25,29). The molecule has 2 aromatic heterocycles. The normalized spacial score (nSPS) is 13.3. The first-order valence-electron chi connectivity index (χ1n) is 11.0. The lowest BCUT2D eigenvalue weighted by Crippen LogP contribution is -2.19. The molecule has 0 saturated heterocycles. The average molecular weight is 532 g/mol. The SMILES string of the molecule is C=CCn1c(CS(=O)(=O)c2ccccc2)nnc1SCC(=O)Nc1sc2c(c1C(N)=O)CCCC2. The number of thioether (sulfide) groups is 1. The topological polar surface area (TPSA) is 137 Å². The predicted octanol–water partition coefficient (Wildman–Crippen LogP) is 3.21. The number of sulfone groups is 1. The molecule has 184 valence electrons. The second kappa shape index (κ2) is 10.8. The number of carbonyl (C=O) groups excluding carboxylic acids is 2. The Morgan fingerprint density at radius 1 is 1.20 bits per heavy atom. The van der Waals surface area contributed by atoms with E-state index in [9.17, 15) is 18.0 Å². The number of allylic oxidation sites excluding steroid dienone is 1. The first kappa shape index (κ1) is 25.1. The van der Waals surface area contributed by atoms with Crippen molar-refractivity contribution in [3.8, 4) is 0 Å². The smallest absolute Gasteiger partial charge is 0.251 e. The van der Waals surface area contributed by atoms with E-state index in [1.165, 1.54) is 23.5 Å². The Bertz CT molecular complexity index is 1360. The summed E-state index contributed by atoms with van der Waals surface area (Å²) in [6.45, 7) is 4.02. The summed E-state index contributed by atoms with van der Waals surface area (Å²) in [6, 6.07) is 8.14. The lowest BCUT2D eigenvalue weighted by molar-refractivity contribution is -0.113. The maximum atomic E-state index is 12.8. The van der Waals surface area contributed by atoms with Crippen LogP contribution in [0.3, 0.4) is 0 Å². The van der Waals surface area contributed by atoms with Gasteiger partial charge in [0.25, 0.3) is 5.91 Å². The number of hydrogen-bond acceptors (Lipinski definition) is 8. The molecule has 3 N–H and O–H groups in total. The zero-order valence-corrected chi connectivity index (χ0v) is 21.3. The van der Waals surface area contributed by atoms with E-state index < -0.39 is 15.7 Å². The number of carbonyl (C=O) groups is 2. The maximum absolute atomic E-state index is 12.8. The van der Waals surface area contributed by atoms with Gasteiger partial charge in [-0.25, -0.2) is 8.42 Å². The Kier molecular flexibility index (Phi) is 7.72. The highest BCUT2D eigenvalue weighted by molar-refractivity contribution is 7.99. The van der Waals surface area contributed by atoms with E-state index in [1.807, 2.05) is 0 Å². The molecule has 1 aromatic carbocycles. The highest BCUT2D eigenvalue weighted by atomic mass is 32.2. The quantitative estimate of drug-likeness (QED) is 0.303. The Labute approximate surface area is 211 Å². The van der Waals surface area contributed by atoms with Gasteiger partial charge in [0.15, 0.2) is 15.0 Å². The number of fused-ring (bicyclic) bond motifs is 1. The van der Waals surface area contributed by atoms with E-state index in [-0.39, 0.29) is 28.1 Å². The van der Waals surface area contributed by atoms with Crippen molar-refractivity contribution in [2.24, 2.45) is 5.73 Å². The number of aryl methyl sites for hydroxylation is 1. The van der Waals surface area contributed by atoms with Crippen molar-refractivity contribution in [3.05, 3.63) is 64.8 Å². The van der Waals surface area contributed by atoms with Crippen molar-refractivity contribution in [3.63, 3.8) is 0 Å². The third-order valence-electron chi connectivity index (χ3n) is 5.53. The van der Waals surface area contributed by atoms with Crippen molar-refractivity contribution in [2.45, 2.75) is 48.0 Å². The average Bonchev–Trinajstić information content (AvgIpc) is 3.38. The molecule has 12 heteroatoms. The predicted molar refractivity (Wildman–Crippen MR) is 136 cm³/mol. The number of anilines is 1. The van der Waals surface area contributed by atoms with E-state index in [0.29, 0.717) is 22.3 Å². The zero-order valence-electron chi connectivity index (χ0n) is 18.9. The molecule has 1 aliphatic carbocycles. The summed E-state index contributed by atoms with van der Waals surface area (Å²) >= 11 is 2.53. The summed E-state index contributed by atoms with van der Waals surface area (Å²) in [4.78, 5) is 26.1. The molecular weight excluding hydrogens is 506 g/mol. The summed E-state index contributed by atoms with van der Waals surface area (Å²) in [7, 11) is -3.62. The van der Waals surface area contributed by atoms with Crippen LogP contribution in [0.4, 0.5) is 5.00 Å². The number of nitrogens with zero attached hydrogens (tertiary/aromatic N) is 3. The van der Waals surface area contributed by atoms with Crippen molar-refractivity contribution in [1.82, 2.24) is 14.8 Å². The first-order valence-corrected chi connectivity index (χ1v) is 14.4. The van der Waals surface area contributed by atoms with Gasteiger partial charge in [0.1, 0.15) is 16.6 Å². The van der Waals surface area contributed by atoms with Gasteiger partial charge in [-0.15, -0.1) is 28.1 Å². The van der Waals surface area contributed by atoms with Crippen LogP contribution in [0, 0.1) is 0 Å². The van der Waals surface area contributed by atoms with Crippen LogP contribution in [0.2, 0.25) is 0 Å². The van der Waals surface area contributed by atoms with Crippen LogP contribution in [-0.4, -0.2) is 40.7 Å². The van der Waals surface area contributed by atoms with E-state index in [4.69, 9.17) is 5.73 Å². The number of benzene rings is 1. The first-order chi connectivity index (χ1) is 16.8. The highest BCUT2D eigenvalue weighted by Gasteiger charge is 2.26. The van der Waals surface area contributed by atoms with E-state index in [1.54, 1.807) is 28.8 Å². The monoisotopic (exact) mass is 531 g/mol. The summed E-state index contributed by atoms with van der Waals surface area (Å²) in [6.07, 6.45) is 5.32. The van der Waals surface area contributed by atoms with Crippen molar-refractivity contribution in [2.75, 3.05) is 11.1 Å². The van der Waals surface area contributed by atoms with Crippen molar-refractivity contribution >= 4 is 49.8 Å². The number of aromatic nitrogens is 3. The molecule has 3 aromatic rings. The number of nitrogens with one attached hydrogen (secondary N) is 1. The van der Waals surface area contributed by atoms with Gasteiger partial charge in [-0.2, -0.15) is 0 Å². The van der Waals surface area contributed by atoms with Gasteiger partial charge in [-0.3, -0.25) is 9.59 Å². The molecule has 1 aliphatic rings. The Morgan fingerprint density at radius 3 is 2.66 bits per heavy atom. The number of hydrogen-bond donors (Lipinski definition) is 2. The lowest BCUT2D eigenvalue weighted by atomic mass is 9.95. The Morgan fingerprint density at radius 2 is 1.94 bits per heavy atom. The summed E-state index contributed by atoms with van der Waals surface area (Å²) < 4.78 is 27.2. The van der Waals surface area contributed by atoms with Crippen molar-refractivity contribution < 1.29 is 18.0 Å². The van der Waals surface area contributed by atoms with Crippen LogP contribution < -0.4 is 11.1 Å². The van der Waals surface area contributed by atoms with E-state index in [2.05, 4.69) is 22.1 Å². The van der Waals surface area contributed by atoms with Gasteiger partial charge in [0, 0.05) is 11.4 Å². The van der Waals surface area contributed by atoms with Gasteiger partial charge in [0.05, 0.1) is 16.2 Å². The Balaban J connectivity index is 1.47. The minimum Gasteiger partial charge on any atom is -0.365 e. The Hall–Kier alpha value is -2.96. The van der Waals surface area contributed by atoms with Crippen LogP contribution in [0.15, 0.2) is 53.0 Å². The second-order valence-electron chi connectivity index (χ2n) is 7.99. The van der Waals surface area contributed by atoms with E-state index >= 15 is 0 Å². The number of thiophene rings is 1. The number of amides is 2. The van der Waals surface area contributed by atoms with Crippen LogP contribution in [0.1, 0.15) is 39.5 Å². The molecule has 0 fully saturated rings. The molecule has 0 spiro atoms. The van der Waals surface area contributed by atoms with Crippen molar-refractivity contribution in [1.29, 1.82) is 0 Å². The minimum absolute atomic E-state index is 0.00147. The molecule has 2 heterocycles. The van der Waals surface area contributed by atoms with Gasteiger partial charge in [-0.1, -0.05) is 36.0 Å². The lowest BCUT2D eigenvalue weighted by Gasteiger charge is -2.11. The molecule has 35 heavy (non-hydrogen) atoms. The fourth-order valence-electron chi connectivity index (χ4n) is 3.93. The van der Waals surface area contributed by atoms with Gasteiger partial charge >= 0.3 is 0 Å². The fraction of sp³-hybridized carbons (Fsp3) is 0.304. The zero-order chi connectivity index (χ0) is 25.0. The number of primary amides is 1. The third kappa shape index (κ3) is 5.65. The van der Waals surface area contributed by atoms with Crippen LogP contribution >= 0.6 is 23.1 Å². The minimum atomic E-state index is -3.62. The van der Waals surface area contributed by atoms with E-state index in [0.717, 1.165) is 47.9 Å². The molecule has 0 radical (unpaired) electrons. The molecule has 0 atom stereocenters. The van der Waals surface area contributed by atoms with Crippen LogP contribution in [-0.2, 0) is 39.8 Å². The second-order valence-corrected chi connectivity index (χ2v) is 12.0. The maximum Gasteiger partial charge on any atom is 0.251 e. The molecular formula is C23H25N5O4S3. The van der Waals surface area contributed by atoms with Crippen LogP contribution in [0.5, 0.6) is 0 Å². The molecule has 9 nitrogen and oxygen atoms in total. The third-order valence-corrected chi connectivity index (χ3v) is 9.33. The van der Waals surface area contributed by atoms with Gasteiger partial charge in [-0.05, 0) is 43.4 Å². The molecule has 0 bridgehead atoms. The summed E-state index contributed by atoms with van der Waals surface area (Å²) in [5.41, 5.74) is 6.96. The molecule has 4 rings (SSSR count). The summed E-state index contributed by atoms with van der Waals surface area (Å²) in [5, 5.41) is 11.9.